The van der Waals surface area contributed by atoms with Crippen molar-refractivity contribution in [3.05, 3.63) is 48.5 Å². The molecule has 1 aliphatic rings. The number of nitrogens with zero attached hydrogens (tertiary/aromatic N) is 2. The van der Waals surface area contributed by atoms with Gasteiger partial charge in [0.05, 0.1) is 11.0 Å². The normalized spacial score (nSPS) is 17.9. The third kappa shape index (κ3) is 3.22. The first kappa shape index (κ1) is 18.0. The molecule has 0 unspecified atom stereocenters. The quantitative estimate of drug-likeness (QED) is 0.724. The Morgan fingerprint density at radius 2 is 1.93 bits per heavy atom. The minimum absolute atomic E-state index is 0.254. The lowest BCUT2D eigenvalue weighted by molar-refractivity contribution is 0.198. The summed E-state index contributed by atoms with van der Waals surface area (Å²) in [4.78, 5) is 5.76. The molecule has 1 aliphatic heterocycles. The predicted molar refractivity (Wildman–Crippen MR) is 107 cm³/mol. The Kier molecular flexibility index (Phi) is 4.46. The molecule has 3 aromatic rings. The second-order valence-electron chi connectivity index (χ2n) is 7.13. The van der Waals surface area contributed by atoms with E-state index in [1.807, 2.05) is 36.4 Å². The van der Waals surface area contributed by atoms with Gasteiger partial charge in [-0.15, -0.1) is 0 Å². The van der Waals surface area contributed by atoms with E-state index in [1.165, 1.54) is 18.4 Å². The number of aromatic nitrogens is 1. The van der Waals surface area contributed by atoms with Crippen molar-refractivity contribution in [2.24, 2.45) is 0 Å². The molecular formula is C20H23N3O3S. The van der Waals surface area contributed by atoms with E-state index in [2.05, 4.69) is 9.88 Å². The Hall–Kier alpha value is -2.35. The lowest BCUT2D eigenvalue weighted by Gasteiger charge is -2.22. The standard InChI is InChI=1S/C20H23N3O3S/c1-22(2)27(25,26)16-7-8-20(23-10-9-15(24)13-23)17(12-16)19-11-14-5-3-4-6-18(14)21-19/h3-8,11-12,15,21,24H,9-10,13H2,1-2H3/t15-/m0/s1. The molecule has 27 heavy (non-hydrogen) atoms. The van der Waals surface area contributed by atoms with E-state index < -0.39 is 10.0 Å². The van der Waals surface area contributed by atoms with Crippen LogP contribution in [-0.2, 0) is 10.0 Å². The fourth-order valence-electron chi connectivity index (χ4n) is 3.56. The third-order valence-corrected chi connectivity index (χ3v) is 6.88. The number of fused-ring (bicyclic) bond motifs is 1. The van der Waals surface area contributed by atoms with Gasteiger partial charge in [-0.3, -0.25) is 0 Å². The minimum Gasteiger partial charge on any atom is -0.391 e. The van der Waals surface area contributed by atoms with E-state index in [9.17, 15) is 13.5 Å². The number of nitrogens with one attached hydrogen (secondary N) is 1. The number of aromatic amines is 1. The van der Waals surface area contributed by atoms with Crippen molar-refractivity contribution in [2.45, 2.75) is 17.4 Å². The van der Waals surface area contributed by atoms with Gasteiger partial charge in [0.15, 0.2) is 0 Å². The van der Waals surface area contributed by atoms with E-state index in [4.69, 9.17) is 0 Å². The highest BCUT2D eigenvalue weighted by Gasteiger charge is 2.25. The zero-order chi connectivity index (χ0) is 19.2. The average Bonchev–Trinajstić information content (AvgIpc) is 3.27. The van der Waals surface area contributed by atoms with Crippen LogP contribution in [0, 0.1) is 0 Å². The maximum absolute atomic E-state index is 12.6. The summed E-state index contributed by atoms with van der Waals surface area (Å²) < 4.78 is 26.5. The molecular weight excluding hydrogens is 362 g/mol. The van der Waals surface area contributed by atoms with E-state index in [1.54, 1.807) is 12.1 Å². The second-order valence-corrected chi connectivity index (χ2v) is 9.28. The van der Waals surface area contributed by atoms with Gasteiger partial charge < -0.3 is 15.0 Å². The third-order valence-electron chi connectivity index (χ3n) is 5.07. The number of aliphatic hydroxyl groups excluding tert-OH is 1. The van der Waals surface area contributed by atoms with Crippen LogP contribution >= 0.6 is 0 Å². The fraction of sp³-hybridized carbons (Fsp3) is 0.300. The van der Waals surface area contributed by atoms with Gasteiger partial charge in [-0.05, 0) is 36.8 Å². The van der Waals surface area contributed by atoms with Gasteiger partial charge in [0.1, 0.15) is 0 Å². The molecule has 1 aromatic heterocycles. The first-order valence-corrected chi connectivity index (χ1v) is 10.4. The lowest BCUT2D eigenvalue weighted by atomic mass is 10.1. The van der Waals surface area contributed by atoms with Gasteiger partial charge in [0, 0.05) is 55.0 Å². The number of hydrogen-bond donors (Lipinski definition) is 2. The van der Waals surface area contributed by atoms with Crippen LogP contribution in [-0.4, -0.2) is 56.1 Å². The summed E-state index contributed by atoms with van der Waals surface area (Å²) in [5.74, 6) is 0. The van der Waals surface area contributed by atoms with Gasteiger partial charge in [0.2, 0.25) is 10.0 Å². The number of H-pyrrole nitrogens is 1. The van der Waals surface area contributed by atoms with Crippen molar-refractivity contribution in [1.82, 2.24) is 9.29 Å². The van der Waals surface area contributed by atoms with Crippen LogP contribution in [0.2, 0.25) is 0 Å². The van der Waals surface area contributed by atoms with Crippen LogP contribution in [0.15, 0.2) is 53.4 Å². The van der Waals surface area contributed by atoms with Crippen molar-refractivity contribution in [3.8, 4) is 11.3 Å². The Balaban J connectivity index is 1.89. The molecule has 0 radical (unpaired) electrons. The summed E-state index contributed by atoms with van der Waals surface area (Å²) in [5.41, 5.74) is 3.61. The molecule has 4 rings (SSSR count). The van der Waals surface area contributed by atoms with Crippen molar-refractivity contribution < 1.29 is 13.5 Å². The molecule has 0 spiro atoms. The van der Waals surface area contributed by atoms with Crippen molar-refractivity contribution in [2.75, 3.05) is 32.1 Å². The molecule has 0 amide bonds. The van der Waals surface area contributed by atoms with Crippen molar-refractivity contribution in [3.63, 3.8) is 0 Å². The van der Waals surface area contributed by atoms with Gasteiger partial charge >= 0.3 is 0 Å². The lowest BCUT2D eigenvalue weighted by Crippen LogP contribution is -2.24. The zero-order valence-corrected chi connectivity index (χ0v) is 16.2. The van der Waals surface area contributed by atoms with E-state index >= 15 is 0 Å². The van der Waals surface area contributed by atoms with Gasteiger partial charge in [-0.2, -0.15) is 0 Å². The molecule has 1 fully saturated rings. The minimum atomic E-state index is -3.54. The highest BCUT2D eigenvalue weighted by atomic mass is 32.2. The first-order valence-electron chi connectivity index (χ1n) is 8.94. The smallest absolute Gasteiger partial charge is 0.242 e. The summed E-state index contributed by atoms with van der Waals surface area (Å²) in [5, 5.41) is 11.0. The molecule has 142 valence electrons. The van der Waals surface area contributed by atoms with Crippen LogP contribution in [0.5, 0.6) is 0 Å². The number of anilines is 1. The fourth-order valence-corrected chi connectivity index (χ4v) is 4.49. The van der Waals surface area contributed by atoms with Gasteiger partial charge in [0.25, 0.3) is 0 Å². The monoisotopic (exact) mass is 385 g/mol. The number of para-hydroxylation sites is 1. The summed E-state index contributed by atoms with van der Waals surface area (Å²) in [6.45, 7) is 1.29. The summed E-state index contributed by atoms with van der Waals surface area (Å²) in [7, 11) is -0.476. The molecule has 1 atom stereocenters. The summed E-state index contributed by atoms with van der Waals surface area (Å²) in [6.07, 6.45) is 0.356. The van der Waals surface area contributed by atoms with E-state index in [0.29, 0.717) is 13.0 Å². The first-order chi connectivity index (χ1) is 12.9. The predicted octanol–water partition coefficient (Wildman–Crippen LogP) is 2.66. The van der Waals surface area contributed by atoms with Crippen LogP contribution in [0.1, 0.15) is 6.42 Å². The van der Waals surface area contributed by atoms with Crippen LogP contribution in [0.4, 0.5) is 5.69 Å². The van der Waals surface area contributed by atoms with E-state index in [-0.39, 0.29) is 11.0 Å². The van der Waals surface area contributed by atoms with Gasteiger partial charge in [-0.25, -0.2) is 12.7 Å². The molecule has 0 aliphatic carbocycles. The molecule has 2 aromatic carbocycles. The number of hydrogen-bond acceptors (Lipinski definition) is 4. The van der Waals surface area contributed by atoms with Crippen LogP contribution in [0.25, 0.3) is 22.2 Å². The number of β-amino-alcohol motifs (C(OH)–C–C–N with tert-alkyl or cyclic N) is 1. The maximum Gasteiger partial charge on any atom is 0.242 e. The number of sulfonamides is 1. The zero-order valence-electron chi connectivity index (χ0n) is 15.4. The SMILES string of the molecule is CN(C)S(=O)(=O)c1ccc(N2CC[C@H](O)C2)c(-c2cc3ccccc3[nH]2)c1. The summed E-state index contributed by atoms with van der Waals surface area (Å²) >= 11 is 0. The molecule has 0 saturated carbocycles. The second kappa shape index (κ2) is 6.67. The molecule has 2 heterocycles. The van der Waals surface area contributed by atoms with Crippen LogP contribution in [0.3, 0.4) is 0 Å². The summed E-state index contributed by atoms with van der Waals surface area (Å²) in [6, 6.07) is 15.2. The highest BCUT2D eigenvalue weighted by molar-refractivity contribution is 7.89. The average molecular weight is 385 g/mol. The van der Waals surface area contributed by atoms with Crippen molar-refractivity contribution in [1.29, 1.82) is 0 Å². The Morgan fingerprint density at radius 1 is 1.15 bits per heavy atom. The van der Waals surface area contributed by atoms with Crippen molar-refractivity contribution >= 4 is 26.6 Å². The largest absolute Gasteiger partial charge is 0.391 e. The molecule has 2 N–H and O–H groups in total. The molecule has 7 heteroatoms. The molecule has 0 bridgehead atoms. The van der Waals surface area contributed by atoms with Crippen LogP contribution < -0.4 is 4.90 Å². The molecule has 6 nitrogen and oxygen atoms in total. The number of benzene rings is 2. The van der Waals surface area contributed by atoms with Gasteiger partial charge in [-0.1, -0.05) is 18.2 Å². The Morgan fingerprint density at radius 3 is 2.59 bits per heavy atom. The maximum atomic E-state index is 12.6. The Bertz CT molecular complexity index is 1060. The topological polar surface area (TPSA) is 76.6 Å². The number of aliphatic hydroxyl groups is 1. The van der Waals surface area contributed by atoms with E-state index in [0.717, 1.165) is 34.4 Å². The molecule has 1 saturated heterocycles. The number of rotatable bonds is 4. The highest BCUT2D eigenvalue weighted by Crippen LogP contribution is 2.36. The Labute approximate surface area is 159 Å².